The number of carbonyl (C=O) groups is 1. The summed E-state index contributed by atoms with van der Waals surface area (Å²) >= 11 is 1.71. The molecule has 4 heteroatoms. The van der Waals surface area contributed by atoms with Crippen molar-refractivity contribution >= 4 is 17.7 Å². The molecule has 0 radical (unpaired) electrons. The number of hydrogen-bond acceptors (Lipinski definition) is 3. The molecule has 0 saturated carbocycles. The molecule has 0 aliphatic carbocycles. The summed E-state index contributed by atoms with van der Waals surface area (Å²) in [6, 6.07) is 4.97. The number of thioether (sulfide) groups is 1. The highest BCUT2D eigenvalue weighted by Crippen LogP contribution is 2.19. The molecule has 1 rings (SSSR count). The van der Waals surface area contributed by atoms with Crippen molar-refractivity contribution in [3.05, 3.63) is 29.3 Å². The van der Waals surface area contributed by atoms with Crippen molar-refractivity contribution in [3.8, 4) is 5.75 Å². The lowest BCUT2D eigenvalue weighted by molar-refractivity contribution is 0.0953. The van der Waals surface area contributed by atoms with E-state index < -0.39 is 0 Å². The van der Waals surface area contributed by atoms with Gasteiger partial charge in [0.2, 0.25) is 0 Å². The molecule has 1 aromatic rings. The summed E-state index contributed by atoms with van der Waals surface area (Å²) in [5, 5.41) is 12.7. The van der Waals surface area contributed by atoms with Crippen LogP contribution in [-0.4, -0.2) is 29.1 Å². The van der Waals surface area contributed by atoms with Crippen LogP contribution in [0.5, 0.6) is 5.75 Å². The zero-order valence-electron chi connectivity index (χ0n) is 9.78. The number of nitrogens with one attached hydrogen (secondary N) is 1. The van der Waals surface area contributed by atoms with Gasteiger partial charge in [0.25, 0.3) is 5.91 Å². The molecule has 3 nitrogen and oxygen atoms in total. The average molecular weight is 239 g/mol. The molecule has 2 N–H and O–H groups in total. The molecule has 88 valence electrons. The average Bonchev–Trinajstić information content (AvgIpc) is 2.29. The van der Waals surface area contributed by atoms with Crippen molar-refractivity contribution in [1.82, 2.24) is 5.32 Å². The van der Waals surface area contributed by atoms with E-state index in [1.165, 1.54) is 0 Å². The predicted molar refractivity (Wildman–Crippen MR) is 68.2 cm³/mol. The van der Waals surface area contributed by atoms with Crippen LogP contribution in [0.1, 0.15) is 22.8 Å². The minimum Gasteiger partial charge on any atom is -0.508 e. The molecule has 0 spiro atoms. The number of phenols is 1. The maximum Gasteiger partial charge on any atom is 0.251 e. The Morgan fingerprint density at radius 2 is 2.25 bits per heavy atom. The fraction of sp³-hybridized carbons (Fsp3) is 0.417. The van der Waals surface area contributed by atoms with Crippen LogP contribution < -0.4 is 5.32 Å². The maximum atomic E-state index is 11.8. The number of rotatable bonds is 4. The van der Waals surface area contributed by atoms with Crippen LogP contribution in [0, 0.1) is 6.92 Å². The third kappa shape index (κ3) is 3.17. The van der Waals surface area contributed by atoms with Crippen molar-refractivity contribution in [2.45, 2.75) is 19.1 Å². The second-order valence-corrected chi connectivity index (χ2v) is 4.98. The van der Waals surface area contributed by atoms with Gasteiger partial charge in [-0.2, -0.15) is 11.8 Å². The molecule has 0 aliphatic heterocycles. The van der Waals surface area contributed by atoms with Gasteiger partial charge in [-0.05, 0) is 25.3 Å². The first-order valence-electron chi connectivity index (χ1n) is 5.15. The molecule has 0 saturated heterocycles. The molecule has 1 amide bonds. The van der Waals surface area contributed by atoms with E-state index in [9.17, 15) is 9.90 Å². The van der Waals surface area contributed by atoms with E-state index in [2.05, 4.69) is 12.2 Å². The molecule has 16 heavy (non-hydrogen) atoms. The Morgan fingerprint density at radius 3 is 2.88 bits per heavy atom. The Balaban J connectivity index is 2.70. The van der Waals surface area contributed by atoms with Gasteiger partial charge in [-0.15, -0.1) is 0 Å². The molecular formula is C12H17NO2S. The predicted octanol–water partition coefficient (Wildman–Crippen LogP) is 2.18. The first-order chi connectivity index (χ1) is 7.56. The molecule has 0 aromatic heterocycles. The van der Waals surface area contributed by atoms with E-state index >= 15 is 0 Å². The molecule has 0 bridgehead atoms. The second kappa shape index (κ2) is 5.80. The summed E-state index contributed by atoms with van der Waals surface area (Å²) < 4.78 is 0. The fourth-order valence-electron chi connectivity index (χ4n) is 1.28. The van der Waals surface area contributed by atoms with E-state index in [0.29, 0.717) is 22.9 Å². The van der Waals surface area contributed by atoms with Crippen molar-refractivity contribution in [2.75, 3.05) is 12.8 Å². The van der Waals surface area contributed by atoms with Crippen molar-refractivity contribution in [1.29, 1.82) is 0 Å². The number of hydrogen-bond donors (Lipinski definition) is 2. The van der Waals surface area contributed by atoms with Gasteiger partial charge >= 0.3 is 0 Å². The first-order valence-corrected chi connectivity index (χ1v) is 6.44. The standard InChI is InChI=1S/C12H17NO2S/c1-8(16-3)7-13-12(15)10-5-4-6-11(14)9(10)2/h4-6,8,14H,7H2,1-3H3,(H,13,15). The van der Waals surface area contributed by atoms with Gasteiger partial charge in [-0.3, -0.25) is 4.79 Å². The molecular weight excluding hydrogens is 222 g/mol. The summed E-state index contributed by atoms with van der Waals surface area (Å²) in [6.07, 6.45) is 2.01. The number of carbonyl (C=O) groups excluding carboxylic acids is 1. The van der Waals surface area contributed by atoms with Crippen molar-refractivity contribution < 1.29 is 9.90 Å². The topological polar surface area (TPSA) is 49.3 Å². The van der Waals surface area contributed by atoms with Crippen LogP contribution in [0.4, 0.5) is 0 Å². The molecule has 1 aromatic carbocycles. The van der Waals surface area contributed by atoms with Crippen LogP contribution in [0.25, 0.3) is 0 Å². The van der Waals surface area contributed by atoms with E-state index in [0.717, 1.165) is 0 Å². The maximum absolute atomic E-state index is 11.8. The SMILES string of the molecule is CSC(C)CNC(=O)c1cccc(O)c1C. The first kappa shape index (κ1) is 12.9. The van der Waals surface area contributed by atoms with Crippen LogP contribution in [0.3, 0.4) is 0 Å². The highest BCUT2D eigenvalue weighted by molar-refractivity contribution is 7.99. The van der Waals surface area contributed by atoms with E-state index in [4.69, 9.17) is 0 Å². The van der Waals surface area contributed by atoms with Crippen molar-refractivity contribution in [2.24, 2.45) is 0 Å². The summed E-state index contributed by atoms with van der Waals surface area (Å²) in [4.78, 5) is 11.8. The second-order valence-electron chi connectivity index (χ2n) is 3.71. The van der Waals surface area contributed by atoms with Gasteiger partial charge in [-0.1, -0.05) is 13.0 Å². The van der Waals surface area contributed by atoms with Crippen LogP contribution >= 0.6 is 11.8 Å². The minimum absolute atomic E-state index is 0.130. The number of aromatic hydroxyl groups is 1. The molecule has 0 aliphatic rings. The zero-order chi connectivity index (χ0) is 12.1. The highest BCUT2D eigenvalue weighted by Gasteiger charge is 2.11. The molecule has 0 fully saturated rings. The fourth-order valence-corrected chi connectivity index (χ4v) is 1.53. The zero-order valence-corrected chi connectivity index (χ0v) is 10.6. The Bertz CT molecular complexity index is 379. The lowest BCUT2D eigenvalue weighted by Crippen LogP contribution is -2.29. The summed E-state index contributed by atoms with van der Waals surface area (Å²) in [5.74, 6) is 0.0277. The quantitative estimate of drug-likeness (QED) is 0.846. The van der Waals surface area contributed by atoms with E-state index in [1.54, 1.807) is 36.9 Å². The van der Waals surface area contributed by atoms with Gasteiger partial charge in [0.1, 0.15) is 5.75 Å². The lowest BCUT2D eigenvalue weighted by Gasteiger charge is -2.11. The normalized spacial score (nSPS) is 12.2. The third-order valence-corrected chi connectivity index (χ3v) is 3.47. The largest absolute Gasteiger partial charge is 0.508 e. The van der Waals surface area contributed by atoms with Crippen LogP contribution in [0.15, 0.2) is 18.2 Å². The van der Waals surface area contributed by atoms with Crippen molar-refractivity contribution in [3.63, 3.8) is 0 Å². The number of phenolic OH excluding ortho intramolecular Hbond substituents is 1. The van der Waals surface area contributed by atoms with Gasteiger partial charge in [0.05, 0.1) is 0 Å². The Hall–Kier alpha value is -1.16. The van der Waals surface area contributed by atoms with Gasteiger partial charge in [0, 0.05) is 22.9 Å². The van der Waals surface area contributed by atoms with Gasteiger partial charge < -0.3 is 10.4 Å². The summed E-state index contributed by atoms with van der Waals surface area (Å²) in [7, 11) is 0. The van der Waals surface area contributed by atoms with E-state index in [-0.39, 0.29) is 11.7 Å². The Labute approximate surface area is 100 Å². The number of amides is 1. The summed E-state index contributed by atoms with van der Waals surface area (Å²) in [5.41, 5.74) is 1.16. The monoisotopic (exact) mass is 239 g/mol. The lowest BCUT2D eigenvalue weighted by atomic mass is 10.1. The third-order valence-electron chi connectivity index (χ3n) is 2.50. The molecule has 1 unspecified atom stereocenters. The summed E-state index contributed by atoms with van der Waals surface area (Å²) in [6.45, 7) is 4.43. The molecule has 1 atom stereocenters. The Morgan fingerprint density at radius 1 is 1.56 bits per heavy atom. The van der Waals surface area contributed by atoms with E-state index in [1.807, 2.05) is 6.26 Å². The smallest absolute Gasteiger partial charge is 0.251 e. The Kier molecular flexibility index (Phi) is 4.68. The van der Waals surface area contributed by atoms with Gasteiger partial charge in [-0.25, -0.2) is 0 Å². The van der Waals surface area contributed by atoms with Crippen LogP contribution in [-0.2, 0) is 0 Å². The minimum atomic E-state index is -0.130. The number of benzene rings is 1. The van der Waals surface area contributed by atoms with Gasteiger partial charge in [0.15, 0.2) is 0 Å². The highest BCUT2D eigenvalue weighted by atomic mass is 32.2. The van der Waals surface area contributed by atoms with Crippen LogP contribution in [0.2, 0.25) is 0 Å². The molecule has 0 heterocycles.